The third-order valence-corrected chi connectivity index (χ3v) is 3.38. The zero-order chi connectivity index (χ0) is 10.6. The van der Waals surface area contributed by atoms with Gasteiger partial charge in [0.05, 0.1) is 6.61 Å². The smallest absolute Gasteiger partial charge is 0.157 e. The second-order valence-corrected chi connectivity index (χ2v) is 5.47. The summed E-state index contributed by atoms with van der Waals surface area (Å²) < 4.78 is 5.06. The second-order valence-electron chi connectivity index (χ2n) is 4.50. The summed E-state index contributed by atoms with van der Waals surface area (Å²) in [6.07, 6.45) is 0. The van der Waals surface area contributed by atoms with Gasteiger partial charge in [-0.05, 0) is 19.8 Å². The van der Waals surface area contributed by atoms with Crippen molar-refractivity contribution in [2.45, 2.75) is 26.3 Å². The Morgan fingerprint density at radius 2 is 2.36 bits per heavy atom. The summed E-state index contributed by atoms with van der Waals surface area (Å²) in [5.41, 5.74) is 0.202. The summed E-state index contributed by atoms with van der Waals surface area (Å²) >= 11 is 1.81. The van der Waals surface area contributed by atoms with Gasteiger partial charge in [0.2, 0.25) is 0 Å². The molecular weight excluding hydrogens is 196 g/mol. The molecule has 0 aromatic carbocycles. The predicted octanol–water partition coefficient (Wildman–Crippen LogP) is 1.74. The van der Waals surface area contributed by atoms with Crippen LogP contribution in [-0.4, -0.2) is 36.7 Å². The molecule has 0 aromatic heterocycles. The van der Waals surface area contributed by atoms with E-state index < -0.39 is 0 Å². The molecule has 0 amide bonds. The highest BCUT2D eigenvalue weighted by Gasteiger charge is 2.27. The van der Waals surface area contributed by atoms with Crippen LogP contribution in [0.2, 0.25) is 0 Å². The molecule has 0 radical (unpaired) electrons. The number of rotatable bonds is 4. The van der Waals surface area contributed by atoms with E-state index in [1.54, 1.807) is 7.11 Å². The van der Waals surface area contributed by atoms with Gasteiger partial charge in [0.25, 0.3) is 0 Å². The Hall–Kier alpha value is -0.220. The number of ether oxygens (including phenoxy) is 1. The number of aliphatic imine (C=N–C) groups is 1. The highest BCUT2D eigenvalue weighted by atomic mass is 32.2. The Bertz CT molecular complexity index is 216. The van der Waals surface area contributed by atoms with E-state index in [4.69, 9.17) is 4.74 Å². The Kier molecular flexibility index (Phi) is 4.26. The molecule has 0 spiro atoms. The lowest BCUT2D eigenvalue weighted by Crippen LogP contribution is -2.37. The highest BCUT2D eigenvalue weighted by Crippen LogP contribution is 2.22. The Balaban J connectivity index is 2.32. The van der Waals surface area contributed by atoms with Crippen LogP contribution in [0.3, 0.4) is 0 Å². The molecule has 1 rings (SSSR count). The van der Waals surface area contributed by atoms with Crippen LogP contribution in [0.15, 0.2) is 4.99 Å². The van der Waals surface area contributed by atoms with Gasteiger partial charge in [0, 0.05) is 24.9 Å². The van der Waals surface area contributed by atoms with E-state index in [-0.39, 0.29) is 5.54 Å². The van der Waals surface area contributed by atoms with E-state index in [9.17, 15) is 0 Å². The van der Waals surface area contributed by atoms with Crippen molar-refractivity contribution >= 4 is 16.9 Å². The Morgan fingerprint density at radius 3 is 2.86 bits per heavy atom. The molecular formula is C10H20N2OS. The molecule has 1 heterocycles. The molecule has 1 aliphatic heterocycles. The predicted molar refractivity (Wildman–Crippen MR) is 63.0 cm³/mol. The highest BCUT2D eigenvalue weighted by molar-refractivity contribution is 8.14. The van der Waals surface area contributed by atoms with Gasteiger partial charge in [0.15, 0.2) is 5.17 Å². The maximum atomic E-state index is 5.06. The number of amidine groups is 1. The average molecular weight is 216 g/mol. The van der Waals surface area contributed by atoms with Gasteiger partial charge < -0.3 is 10.1 Å². The first-order valence-corrected chi connectivity index (χ1v) is 5.96. The van der Waals surface area contributed by atoms with Gasteiger partial charge >= 0.3 is 0 Å². The summed E-state index contributed by atoms with van der Waals surface area (Å²) in [4.78, 5) is 4.53. The standard InChI is InChI=1S/C10H20N2OS/c1-8(6-13-4)5-11-9-12-10(2,3)7-14-9/h8H,5-7H2,1-4H3,(H,11,12). The van der Waals surface area contributed by atoms with Crippen molar-refractivity contribution in [2.24, 2.45) is 10.9 Å². The monoisotopic (exact) mass is 216 g/mol. The van der Waals surface area contributed by atoms with Crippen molar-refractivity contribution in [3.63, 3.8) is 0 Å². The van der Waals surface area contributed by atoms with Crippen molar-refractivity contribution in [1.29, 1.82) is 0 Å². The topological polar surface area (TPSA) is 33.6 Å². The van der Waals surface area contributed by atoms with Gasteiger partial charge in [-0.2, -0.15) is 0 Å². The van der Waals surface area contributed by atoms with Crippen molar-refractivity contribution in [3.05, 3.63) is 0 Å². The number of hydrogen-bond donors (Lipinski definition) is 1. The van der Waals surface area contributed by atoms with Crippen LogP contribution in [0.5, 0.6) is 0 Å². The molecule has 1 unspecified atom stereocenters. The summed E-state index contributed by atoms with van der Waals surface area (Å²) in [5, 5.41) is 4.48. The first kappa shape index (κ1) is 11.9. The van der Waals surface area contributed by atoms with Crippen LogP contribution in [0.1, 0.15) is 20.8 Å². The van der Waals surface area contributed by atoms with E-state index in [2.05, 4.69) is 31.1 Å². The maximum absolute atomic E-state index is 5.06. The van der Waals surface area contributed by atoms with Crippen molar-refractivity contribution in [2.75, 3.05) is 26.0 Å². The molecule has 82 valence electrons. The fraction of sp³-hybridized carbons (Fsp3) is 0.900. The van der Waals surface area contributed by atoms with Crippen molar-refractivity contribution in [1.82, 2.24) is 5.32 Å². The van der Waals surface area contributed by atoms with E-state index in [0.29, 0.717) is 5.92 Å². The van der Waals surface area contributed by atoms with Gasteiger partial charge in [-0.15, -0.1) is 0 Å². The quantitative estimate of drug-likeness (QED) is 0.777. The molecule has 3 nitrogen and oxygen atoms in total. The van der Waals surface area contributed by atoms with Crippen LogP contribution >= 0.6 is 11.8 Å². The van der Waals surface area contributed by atoms with Crippen LogP contribution in [0, 0.1) is 5.92 Å². The van der Waals surface area contributed by atoms with Gasteiger partial charge in [-0.1, -0.05) is 18.7 Å². The van der Waals surface area contributed by atoms with Crippen LogP contribution in [-0.2, 0) is 4.74 Å². The van der Waals surface area contributed by atoms with E-state index in [1.165, 1.54) is 0 Å². The number of thioether (sulfide) groups is 1. The van der Waals surface area contributed by atoms with Gasteiger partial charge in [-0.3, -0.25) is 4.99 Å². The number of nitrogens with zero attached hydrogens (tertiary/aromatic N) is 1. The van der Waals surface area contributed by atoms with Crippen molar-refractivity contribution in [3.8, 4) is 0 Å². The molecule has 0 bridgehead atoms. The van der Waals surface area contributed by atoms with E-state index >= 15 is 0 Å². The molecule has 14 heavy (non-hydrogen) atoms. The fourth-order valence-corrected chi connectivity index (χ4v) is 2.36. The lowest BCUT2D eigenvalue weighted by Gasteiger charge is -2.16. The van der Waals surface area contributed by atoms with Gasteiger partial charge in [0.1, 0.15) is 0 Å². The summed E-state index contributed by atoms with van der Waals surface area (Å²) in [6.45, 7) is 8.17. The minimum Gasteiger partial charge on any atom is -0.384 e. The first-order chi connectivity index (χ1) is 6.53. The Morgan fingerprint density at radius 1 is 1.64 bits per heavy atom. The summed E-state index contributed by atoms with van der Waals surface area (Å²) in [5.74, 6) is 1.60. The normalized spacial score (nSPS) is 25.0. The molecule has 1 aliphatic rings. The third kappa shape index (κ3) is 3.88. The van der Waals surface area contributed by atoms with E-state index in [1.807, 2.05) is 11.8 Å². The number of nitrogens with one attached hydrogen (secondary N) is 1. The average Bonchev–Trinajstić information content (AvgIpc) is 2.43. The lowest BCUT2D eigenvalue weighted by molar-refractivity contribution is 0.163. The number of methoxy groups -OCH3 is 1. The van der Waals surface area contributed by atoms with Crippen LogP contribution < -0.4 is 5.32 Å². The third-order valence-electron chi connectivity index (χ3n) is 2.01. The zero-order valence-corrected chi connectivity index (χ0v) is 10.3. The molecule has 1 atom stereocenters. The SMILES string of the molecule is COCC(C)CN=C1NC(C)(C)CS1. The van der Waals surface area contributed by atoms with Crippen molar-refractivity contribution < 1.29 is 4.74 Å². The molecule has 0 saturated carbocycles. The minimum atomic E-state index is 0.202. The molecule has 4 heteroatoms. The Labute approximate surface area is 90.7 Å². The van der Waals surface area contributed by atoms with E-state index in [0.717, 1.165) is 24.1 Å². The number of hydrogen-bond acceptors (Lipinski definition) is 3. The van der Waals surface area contributed by atoms with Crippen LogP contribution in [0.4, 0.5) is 0 Å². The fourth-order valence-electron chi connectivity index (χ4n) is 1.27. The molecule has 0 aliphatic carbocycles. The second kappa shape index (κ2) is 5.03. The molecule has 1 saturated heterocycles. The molecule has 1 N–H and O–H groups in total. The summed E-state index contributed by atoms with van der Waals surface area (Å²) in [7, 11) is 1.73. The maximum Gasteiger partial charge on any atom is 0.157 e. The molecule has 1 fully saturated rings. The molecule has 0 aromatic rings. The first-order valence-electron chi connectivity index (χ1n) is 4.98. The lowest BCUT2D eigenvalue weighted by atomic mass is 10.1. The van der Waals surface area contributed by atoms with Crippen LogP contribution in [0.25, 0.3) is 0 Å². The van der Waals surface area contributed by atoms with Gasteiger partial charge in [-0.25, -0.2) is 0 Å². The minimum absolute atomic E-state index is 0.202. The largest absolute Gasteiger partial charge is 0.384 e. The summed E-state index contributed by atoms with van der Waals surface area (Å²) in [6, 6.07) is 0. The zero-order valence-electron chi connectivity index (χ0n) is 9.46.